The highest BCUT2D eigenvalue weighted by atomic mass is 19.3. The molecule has 1 heterocycles. The van der Waals surface area contributed by atoms with Crippen molar-refractivity contribution in [1.29, 1.82) is 0 Å². The molecule has 0 radical (unpaired) electrons. The molecule has 4 N–H and O–H groups in total. The fourth-order valence-corrected chi connectivity index (χ4v) is 1.45. The molecule has 0 unspecified atom stereocenters. The van der Waals surface area contributed by atoms with E-state index in [2.05, 4.69) is 15.7 Å². The van der Waals surface area contributed by atoms with Gasteiger partial charge in [-0.05, 0) is 5.92 Å². The minimum atomic E-state index is -2.52. The van der Waals surface area contributed by atoms with Crippen LogP contribution in [-0.4, -0.2) is 40.6 Å². The highest BCUT2D eigenvalue weighted by Gasteiger charge is 2.17. The summed E-state index contributed by atoms with van der Waals surface area (Å²) in [6, 6.07) is 0.699. The molecule has 21 heavy (non-hydrogen) atoms. The maximum Gasteiger partial charge on any atom is 0.257 e. The number of carbonyl (C=O) groups excluding carboxylic acids is 2. The SMILES string of the molecule is CC(C)[C@H](N)C(=O)NCC(=O)Nc1ccn(CC(F)F)n1. The van der Waals surface area contributed by atoms with E-state index in [0.717, 1.165) is 4.68 Å². The van der Waals surface area contributed by atoms with Crippen LogP contribution in [0.3, 0.4) is 0 Å². The first-order valence-corrected chi connectivity index (χ1v) is 6.44. The number of nitrogens with two attached hydrogens (primary N) is 1. The zero-order valence-corrected chi connectivity index (χ0v) is 11.8. The van der Waals surface area contributed by atoms with Gasteiger partial charge >= 0.3 is 0 Å². The van der Waals surface area contributed by atoms with Crippen LogP contribution in [0.15, 0.2) is 12.3 Å². The molecule has 1 aromatic rings. The lowest BCUT2D eigenvalue weighted by molar-refractivity contribution is -0.125. The van der Waals surface area contributed by atoms with Crippen LogP contribution in [0, 0.1) is 5.92 Å². The summed E-state index contributed by atoms with van der Waals surface area (Å²) in [6.07, 6.45) is -1.19. The van der Waals surface area contributed by atoms with Crippen LogP contribution in [0.25, 0.3) is 0 Å². The van der Waals surface area contributed by atoms with Crippen LogP contribution < -0.4 is 16.4 Å². The van der Waals surface area contributed by atoms with Crippen LogP contribution in [0.1, 0.15) is 13.8 Å². The molecular formula is C12H19F2N5O2. The van der Waals surface area contributed by atoms with Gasteiger partial charge in [-0.1, -0.05) is 13.8 Å². The number of nitrogens with one attached hydrogen (secondary N) is 2. The van der Waals surface area contributed by atoms with Crippen molar-refractivity contribution >= 4 is 17.6 Å². The van der Waals surface area contributed by atoms with Crippen LogP contribution >= 0.6 is 0 Å². The second-order valence-corrected chi connectivity index (χ2v) is 4.85. The van der Waals surface area contributed by atoms with Crippen molar-refractivity contribution in [2.75, 3.05) is 11.9 Å². The number of halogens is 2. The Morgan fingerprint density at radius 1 is 1.43 bits per heavy atom. The molecule has 0 spiro atoms. The second kappa shape index (κ2) is 7.67. The Balaban J connectivity index is 2.40. The van der Waals surface area contributed by atoms with E-state index in [1.807, 2.05) is 0 Å². The maximum absolute atomic E-state index is 12.1. The Labute approximate surface area is 120 Å². The van der Waals surface area contributed by atoms with E-state index in [1.165, 1.54) is 12.3 Å². The lowest BCUT2D eigenvalue weighted by Crippen LogP contribution is -2.46. The third kappa shape index (κ3) is 5.86. The quantitative estimate of drug-likeness (QED) is 0.669. The molecule has 0 aliphatic carbocycles. The highest BCUT2D eigenvalue weighted by Crippen LogP contribution is 2.04. The molecule has 1 atom stereocenters. The molecule has 118 valence electrons. The molecular weight excluding hydrogens is 284 g/mol. The van der Waals surface area contributed by atoms with Crippen LogP contribution in [-0.2, 0) is 16.1 Å². The number of anilines is 1. The summed E-state index contributed by atoms with van der Waals surface area (Å²) in [7, 11) is 0. The van der Waals surface area contributed by atoms with Crippen molar-refractivity contribution in [3.05, 3.63) is 12.3 Å². The normalized spacial score (nSPS) is 12.5. The van der Waals surface area contributed by atoms with Gasteiger partial charge in [-0.15, -0.1) is 0 Å². The van der Waals surface area contributed by atoms with E-state index in [-0.39, 0.29) is 18.3 Å². The number of amides is 2. The Hall–Kier alpha value is -2.03. The van der Waals surface area contributed by atoms with E-state index in [9.17, 15) is 18.4 Å². The summed E-state index contributed by atoms with van der Waals surface area (Å²) in [4.78, 5) is 23.1. The molecule has 2 amide bonds. The lowest BCUT2D eigenvalue weighted by atomic mass is 10.1. The first-order chi connectivity index (χ1) is 9.79. The molecule has 1 rings (SSSR count). The molecule has 0 saturated carbocycles. The van der Waals surface area contributed by atoms with Crippen molar-refractivity contribution in [3.63, 3.8) is 0 Å². The standard InChI is InChI=1S/C12H19F2N5O2/c1-7(2)11(15)12(21)16-5-10(20)17-9-3-4-19(18-9)6-8(13)14/h3-4,7-8,11H,5-6,15H2,1-2H3,(H,16,21)(H,17,18,20)/t11-/m0/s1. The maximum atomic E-state index is 12.1. The van der Waals surface area contributed by atoms with Crippen LogP contribution in [0.2, 0.25) is 0 Å². The lowest BCUT2D eigenvalue weighted by Gasteiger charge is -2.14. The monoisotopic (exact) mass is 303 g/mol. The number of aromatic nitrogens is 2. The second-order valence-electron chi connectivity index (χ2n) is 4.85. The minimum absolute atomic E-state index is 0.0434. The van der Waals surface area contributed by atoms with Gasteiger partial charge in [-0.25, -0.2) is 8.78 Å². The molecule has 0 aromatic carbocycles. The van der Waals surface area contributed by atoms with Crippen LogP contribution in [0.4, 0.5) is 14.6 Å². The summed E-state index contributed by atoms with van der Waals surface area (Å²) in [5.74, 6) is -0.842. The number of carbonyl (C=O) groups is 2. The summed E-state index contributed by atoms with van der Waals surface area (Å²) in [5, 5.41) is 8.53. The number of rotatable bonds is 7. The van der Waals surface area contributed by atoms with E-state index >= 15 is 0 Å². The van der Waals surface area contributed by atoms with Crippen molar-refractivity contribution in [2.45, 2.75) is 32.9 Å². The van der Waals surface area contributed by atoms with E-state index < -0.39 is 30.8 Å². The van der Waals surface area contributed by atoms with Gasteiger partial charge in [-0.3, -0.25) is 14.3 Å². The predicted octanol–water partition coefficient (Wildman–Crippen LogP) is 0.186. The molecule has 0 saturated heterocycles. The van der Waals surface area contributed by atoms with Crippen molar-refractivity contribution in [1.82, 2.24) is 15.1 Å². The smallest absolute Gasteiger partial charge is 0.257 e. The zero-order chi connectivity index (χ0) is 16.0. The van der Waals surface area contributed by atoms with Gasteiger partial charge in [0, 0.05) is 12.3 Å². The number of hydrogen-bond donors (Lipinski definition) is 3. The largest absolute Gasteiger partial charge is 0.346 e. The molecule has 0 fully saturated rings. The Morgan fingerprint density at radius 3 is 2.67 bits per heavy atom. The van der Waals surface area contributed by atoms with E-state index in [0.29, 0.717) is 0 Å². The minimum Gasteiger partial charge on any atom is -0.346 e. The molecule has 0 bridgehead atoms. The molecule has 0 aliphatic heterocycles. The number of hydrogen-bond acceptors (Lipinski definition) is 4. The first-order valence-electron chi connectivity index (χ1n) is 6.44. The zero-order valence-electron chi connectivity index (χ0n) is 11.8. The van der Waals surface area contributed by atoms with E-state index in [4.69, 9.17) is 5.73 Å². The topological polar surface area (TPSA) is 102 Å². The van der Waals surface area contributed by atoms with Crippen LogP contribution in [0.5, 0.6) is 0 Å². The average molecular weight is 303 g/mol. The third-order valence-electron chi connectivity index (χ3n) is 2.68. The number of nitrogens with zero attached hydrogens (tertiary/aromatic N) is 2. The summed E-state index contributed by atoms with van der Waals surface area (Å²) >= 11 is 0. The Morgan fingerprint density at radius 2 is 2.10 bits per heavy atom. The molecule has 7 nitrogen and oxygen atoms in total. The van der Waals surface area contributed by atoms with Gasteiger partial charge in [-0.2, -0.15) is 5.10 Å². The van der Waals surface area contributed by atoms with Gasteiger partial charge in [0.25, 0.3) is 6.43 Å². The Kier molecular flexibility index (Phi) is 6.22. The van der Waals surface area contributed by atoms with Gasteiger partial charge in [0.05, 0.1) is 12.6 Å². The fraction of sp³-hybridized carbons (Fsp3) is 0.583. The highest BCUT2D eigenvalue weighted by molar-refractivity contribution is 5.94. The number of alkyl halides is 2. The summed E-state index contributed by atoms with van der Waals surface area (Å²) in [5.41, 5.74) is 5.62. The molecule has 1 aromatic heterocycles. The van der Waals surface area contributed by atoms with Gasteiger partial charge in [0.2, 0.25) is 11.8 Å². The van der Waals surface area contributed by atoms with Crippen molar-refractivity contribution < 1.29 is 18.4 Å². The Bertz CT molecular complexity index is 490. The average Bonchev–Trinajstić information content (AvgIpc) is 2.81. The van der Waals surface area contributed by atoms with Gasteiger partial charge < -0.3 is 16.4 Å². The van der Waals surface area contributed by atoms with Gasteiger partial charge in [0.1, 0.15) is 6.54 Å². The third-order valence-corrected chi connectivity index (χ3v) is 2.68. The predicted molar refractivity (Wildman–Crippen MR) is 72.7 cm³/mol. The molecule has 0 aliphatic rings. The van der Waals surface area contributed by atoms with E-state index in [1.54, 1.807) is 13.8 Å². The first kappa shape index (κ1) is 17.0. The fourth-order valence-electron chi connectivity index (χ4n) is 1.45. The summed E-state index contributed by atoms with van der Waals surface area (Å²) in [6.45, 7) is 2.77. The van der Waals surface area contributed by atoms with Crippen molar-refractivity contribution in [3.8, 4) is 0 Å². The molecule has 9 heteroatoms. The van der Waals surface area contributed by atoms with Gasteiger partial charge in [0.15, 0.2) is 5.82 Å². The van der Waals surface area contributed by atoms with Crippen molar-refractivity contribution in [2.24, 2.45) is 11.7 Å². The summed E-state index contributed by atoms with van der Waals surface area (Å²) < 4.78 is 25.3.